The van der Waals surface area contributed by atoms with Gasteiger partial charge >= 0.3 is 0 Å². The molecule has 1 aliphatic rings. The number of nitrogen functional groups attached to an aromatic ring is 1. The Morgan fingerprint density at radius 2 is 2.27 bits per heavy atom. The van der Waals surface area contributed by atoms with Crippen molar-refractivity contribution in [1.29, 1.82) is 0 Å². The van der Waals surface area contributed by atoms with Gasteiger partial charge in [-0.15, -0.1) is 0 Å². The molecule has 1 aromatic rings. The van der Waals surface area contributed by atoms with Crippen molar-refractivity contribution in [3.63, 3.8) is 0 Å². The van der Waals surface area contributed by atoms with E-state index in [0.29, 0.717) is 11.7 Å². The Morgan fingerprint density at radius 1 is 1.60 bits per heavy atom. The van der Waals surface area contributed by atoms with Crippen LogP contribution in [-0.2, 0) is 0 Å². The summed E-state index contributed by atoms with van der Waals surface area (Å²) < 4.78 is 28.5. The molecule has 0 aliphatic heterocycles. The molecule has 0 saturated heterocycles. The molecular weight excluding hydrogens is 220 g/mol. The third-order valence-corrected chi connectivity index (χ3v) is 3.47. The molecule has 0 aromatic carbocycles. The molecule has 6 heteroatoms. The first kappa shape index (κ1) is 10.6. The first-order valence-electron chi connectivity index (χ1n) is 4.84. The lowest BCUT2D eigenvalue weighted by Crippen LogP contribution is -2.24. The zero-order valence-corrected chi connectivity index (χ0v) is 9.23. The number of nitrogens with two attached hydrogens (primary N) is 1. The molecule has 0 spiro atoms. The first-order valence-corrected chi connectivity index (χ1v) is 5.61. The molecule has 15 heavy (non-hydrogen) atoms. The number of anilines is 2. The summed E-state index contributed by atoms with van der Waals surface area (Å²) in [5.41, 5.74) is 6.71. The summed E-state index contributed by atoms with van der Waals surface area (Å²) in [6.07, 6.45) is -0.138. The summed E-state index contributed by atoms with van der Waals surface area (Å²) in [6, 6.07) is 0. The number of halogens is 2. The van der Waals surface area contributed by atoms with Crippen LogP contribution >= 0.6 is 11.5 Å². The quantitative estimate of drug-likeness (QED) is 0.867. The minimum Gasteiger partial charge on any atom is -0.383 e. The Morgan fingerprint density at radius 3 is 2.80 bits per heavy atom. The molecule has 0 unspecified atom stereocenters. The largest absolute Gasteiger partial charge is 0.383 e. The Hall–Kier alpha value is -0.910. The standard InChI is InChI=1S/C9H13F2N3S/c1-14(4-6(10)11)9-7(5-2-3-5)8(12)13-15-9/h5-6H,2-4H2,1H3,(H2,12,13). The molecular formula is C9H13F2N3S. The Bertz CT molecular complexity index is 349. The van der Waals surface area contributed by atoms with E-state index in [4.69, 9.17) is 5.73 Å². The summed E-state index contributed by atoms with van der Waals surface area (Å²) in [5.74, 6) is 0.956. The fourth-order valence-electron chi connectivity index (χ4n) is 1.62. The smallest absolute Gasteiger partial charge is 0.255 e. The highest BCUT2D eigenvalue weighted by molar-refractivity contribution is 7.10. The maximum Gasteiger partial charge on any atom is 0.255 e. The molecule has 2 N–H and O–H groups in total. The maximum absolute atomic E-state index is 12.2. The lowest BCUT2D eigenvalue weighted by molar-refractivity contribution is 0.156. The van der Waals surface area contributed by atoms with Crippen LogP contribution in [0.15, 0.2) is 0 Å². The van der Waals surface area contributed by atoms with E-state index in [1.54, 1.807) is 11.9 Å². The molecule has 1 fully saturated rings. The molecule has 1 aromatic heterocycles. The SMILES string of the molecule is CN(CC(F)F)c1snc(N)c1C1CC1. The molecule has 1 heterocycles. The maximum atomic E-state index is 12.2. The fraction of sp³-hybridized carbons (Fsp3) is 0.667. The highest BCUT2D eigenvalue weighted by Crippen LogP contribution is 2.48. The second-order valence-electron chi connectivity index (χ2n) is 3.83. The molecule has 0 amide bonds. The summed E-state index contributed by atoms with van der Waals surface area (Å²) in [7, 11) is 1.66. The van der Waals surface area contributed by atoms with E-state index in [1.165, 1.54) is 11.5 Å². The molecule has 0 atom stereocenters. The van der Waals surface area contributed by atoms with Gasteiger partial charge in [0.25, 0.3) is 6.43 Å². The van der Waals surface area contributed by atoms with E-state index in [1.807, 2.05) is 0 Å². The van der Waals surface area contributed by atoms with Crippen LogP contribution in [0.2, 0.25) is 0 Å². The number of rotatable bonds is 4. The minimum atomic E-state index is -2.33. The van der Waals surface area contributed by atoms with Crippen LogP contribution in [0, 0.1) is 0 Å². The van der Waals surface area contributed by atoms with E-state index in [-0.39, 0.29) is 6.54 Å². The number of alkyl halides is 2. The predicted octanol–water partition coefficient (Wildman–Crippen LogP) is 2.30. The molecule has 0 radical (unpaired) electrons. The van der Waals surface area contributed by atoms with Gasteiger partial charge in [-0.2, -0.15) is 4.37 Å². The molecule has 3 nitrogen and oxygen atoms in total. The monoisotopic (exact) mass is 233 g/mol. The molecule has 2 rings (SSSR count). The highest BCUT2D eigenvalue weighted by Gasteiger charge is 2.31. The van der Waals surface area contributed by atoms with Crippen molar-refractivity contribution in [2.24, 2.45) is 0 Å². The van der Waals surface area contributed by atoms with E-state index < -0.39 is 6.43 Å². The highest BCUT2D eigenvalue weighted by atomic mass is 32.1. The molecule has 1 saturated carbocycles. The van der Waals surface area contributed by atoms with Crippen molar-refractivity contribution < 1.29 is 8.78 Å². The fourth-order valence-corrected chi connectivity index (χ4v) is 2.49. The summed E-state index contributed by atoms with van der Waals surface area (Å²) in [5, 5.41) is 0.801. The summed E-state index contributed by atoms with van der Waals surface area (Å²) in [4.78, 5) is 1.55. The van der Waals surface area contributed by atoms with E-state index in [0.717, 1.165) is 23.4 Å². The van der Waals surface area contributed by atoms with Crippen molar-refractivity contribution in [3.8, 4) is 0 Å². The number of nitrogens with zero attached hydrogens (tertiary/aromatic N) is 2. The van der Waals surface area contributed by atoms with Crippen LogP contribution in [0.4, 0.5) is 19.6 Å². The normalized spacial score (nSPS) is 16.0. The van der Waals surface area contributed by atoms with Crippen LogP contribution in [-0.4, -0.2) is 24.4 Å². The van der Waals surface area contributed by atoms with Gasteiger partial charge in [-0.3, -0.25) is 0 Å². The lowest BCUT2D eigenvalue weighted by atomic mass is 10.2. The van der Waals surface area contributed by atoms with Gasteiger partial charge in [-0.05, 0) is 30.3 Å². The van der Waals surface area contributed by atoms with Crippen molar-refractivity contribution in [2.75, 3.05) is 24.2 Å². The van der Waals surface area contributed by atoms with E-state index in [2.05, 4.69) is 4.37 Å². The average Bonchev–Trinajstić information content (AvgIpc) is 2.89. The second kappa shape index (κ2) is 3.92. The van der Waals surface area contributed by atoms with Crippen molar-refractivity contribution in [3.05, 3.63) is 5.56 Å². The summed E-state index contributed by atoms with van der Waals surface area (Å²) >= 11 is 1.21. The number of hydrogen-bond acceptors (Lipinski definition) is 4. The van der Waals surface area contributed by atoms with E-state index in [9.17, 15) is 8.78 Å². The van der Waals surface area contributed by atoms with Gasteiger partial charge in [0.1, 0.15) is 10.8 Å². The topological polar surface area (TPSA) is 42.2 Å². The summed E-state index contributed by atoms with van der Waals surface area (Å²) in [6.45, 7) is -0.263. The zero-order chi connectivity index (χ0) is 11.0. The van der Waals surface area contributed by atoms with Gasteiger partial charge < -0.3 is 10.6 Å². The van der Waals surface area contributed by atoms with Crippen molar-refractivity contribution in [2.45, 2.75) is 25.2 Å². The van der Waals surface area contributed by atoms with Crippen molar-refractivity contribution >= 4 is 22.4 Å². The van der Waals surface area contributed by atoms with Crippen LogP contribution in [0.5, 0.6) is 0 Å². The minimum absolute atomic E-state index is 0.263. The van der Waals surface area contributed by atoms with Gasteiger partial charge in [-0.25, -0.2) is 8.78 Å². The molecule has 1 aliphatic carbocycles. The Kier molecular flexibility index (Phi) is 2.77. The number of hydrogen-bond donors (Lipinski definition) is 1. The molecule has 0 bridgehead atoms. The average molecular weight is 233 g/mol. The third-order valence-electron chi connectivity index (χ3n) is 2.48. The van der Waals surface area contributed by atoms with Gasteiger partial charge in [0, 0.05) is 12.6 Å². The van der Waals surface area contributed by atoms with Crippen LogP contribution < -0.4 is 10.6 Å². The Balaban J connectivity index is 2.19. The van der Waals surface area contributed by atoms with E-state index >= 15 is 0 Å². The zero-order valence-electron chi connectivity index (χ0n) is 8.41. The second-order valence-corrected chi connectivity index (χ2v) is 4.58. The third kappa shape index (κ3) is 2.19. The predicted molar refractivity (Wildman–Crippen MR) is 57.8 cm³/mol. The Labute approximate surface area is 91.0 Å². The van der Waals surface area contributed by atoms with Crippen LogP contribution in [0.1, 0.15) is 24.3 Å². The van der Waals surface area contributed by atoms with Gasteiger partial charge in [-0.1, -0.05) is 0 Å². The number of aromatic nitrogens is 1. The van der Waals surface area contributed by atoms with Gasteiger partial charge in [0.2, 0.25) is 0 Å². The van der Waals surface area contributed by atoms with Crippen LogP contribution in [0.25, 0.3) is 0 Å². The van der Waals surface area contributed by atoms with Gasteiger partial charge in [0.05, 0.1) is 6.54 Å². The van der Waals surface area contributed by atoms with Gasteiger partial charge in [0.15, 0.2) is 0 Å². The first-order chi connectivity index (χ1) is 7.09. The van der Waals surface area contributed by atoms with Crippen molar-refractivity contribution in [1.82, 2.24) is 4.37 Å². The lowest BCUT2D eigenvalue weighted by Gasteiger charge is -2.17. The molecule has 84 valence electrons. The van der Waals surface area contributed by atoms with Crippen LogP contribution in [0.3, 0.4) is 0 Å².